The smallest absolute Gasteiger partial charge is 0.306 e. The molecule has 2 nitrogen and oxygen atoms in total. The van der Waals surface area contributed by atoms with Crippen molar-refractivity contribution in [3.05, 3.63) is 35.9 Å². The predicted octanol–water partition coefficient (Wildman–Crippen LogP) is 2.32. The molecule has 14 heavy (non-hydrogen) atoms. The molecule has 0 aromatic heterocycles. The van der Waals surface area contributed by atoms with E-state index in [1.807, 2.05) is 25.1 Å². The Balaban J connectivity index is 2.08. The van der Waals surface area contributed by atoms with Gasteiger partial charge in [0.1, 0.15) is 5.60 Å². The number of benzene rings is 1. The number of ether oxygens (including phenoxy) is 1. The van der Waals surface area contributed by atoms with Gasteiger partial charge in [-0.1, -0.05) is 30.3 Å². The minimum Gasteiger partial charge on any atom is -0.459 e. The summed E-state index contributed by atoms with van der Waals surface area (Å²) in [6.07, 6.45) is 2.21. The molecule has 1 aliphatic heterocycles. The summed E-state index contributed by atoms with van der Waals surface area (Å²) in [7, 11) is 0. The predicted molar refractivity (Wildman–Crippen MR) is 53.9 cm³/mol. The highest BCUT2D eigenvalue weighted by Crippen LogP contribution is 2.29. The lowest BCUT2D eigenvalue weighted by atomic mass is 9.94. The van der Waals surface area contributed by atoms with Gasteiger partial charge in [0.15, 0.2) is 0 Å². The number of esters is 1. The maximum absolute atomic E-state index is 11.0. The summed E-state index contributed by atoms with van der Waals surface area (Å²) in [6.45, 7) is 2.00. The molecule has 1 saturated heterocycles. The van der Waals surface area contributed by atoms with Crippen molar-refractivity contribution < 1.29 is 9.53 Å². The van der Waals surface area contributed by atoms with Crippen molar-refractivity contribution in [2.45, 2.75) is 31.8 Å². The van der Waals surface area contributed by atoms with Crippen LogP contribution in [-0.4, -0.2) is 11.6 Å². The van der Waals surface area contributed by atoms with Crippen LogP contribution in [0.25, 0.3) is 0 Å². The third kappa shape index (κ3) is 1.95. The Kier molecular flexibility index (Phi) is 2.28. The monoisotopic (exact) mass is 190 g/mol. The van der Waals surface area contributed by atoms with Crippen LogP contribution >= 0.6 is 0 Å². The first-order valence-electron chi connectivity index (χ1n) is 4.94. The fourth-order valence-corrected chi connectivity index (χ4v) is 1.90. The Morgan fingerprint density at radius 1 is 1.36 bits per heavy atom. The summed E-state index contributed by atoms with van der Waals surface area (Å²) < 4.78 is 5.31. The molecule has 1 aliphatic rings. The zero-order chi connectivity index (χ0) is 10.0. The minimum absolute atomic E-state index is 0.0663. The van der Waals surface area contributed by atoms with Gasteiger partial charge in [0.05, 0.1) is 0 Å². The second-order valence-electron chi connectivity index (χ2n) is 4.09. The van der Waals surface area contributed by atoms with Gasteiger partial charge in [-0.15, -0.1) is 0 Å². The molecular formula is C12H14O2. The second-order valence-corrected chi connectivity index (χ2v) is 4.09. The summed E-state index contributed by atoms with van der Waals surface area (Å²) in [5.74, 6) is -0.0663. The van der Waals surface area contributed by atoms with E-state index in [0.29, 0.717) is 6.42 Å². The standard InChI is InChI=1S/C12H14O2/c1-12(8-7-11(13)14-12)9-10-5-3-2-4-6-10/h2-6H,7-9H2,1H3/t12-/m0/s1. The van der Waals surface area contributed by atoms with Crippen molar-refractivity contribution in [2.75, 3.05) is 0 Å². The normalized spacial score (nSPS) is 26.2. The zero-order valence-corrected chi connectivity index (χ0v) is 8.32. The molecule has 1 fully saturated rings. The number of cyclic esters (lactones) is 1. The molecule has 0 radical (unpaired) electrons. The summed E-state index contributed by atoms with van der Waals surface area (Å²) >= 11 is 0. The molecule has 0 aliphatic carbocycles. The van der Waals surface area contributed by atoms with Gasteiger partial charge < -0.3 is 4.74 Å². The number of carbonyl (C=O) groups excluding carboxylic acids is 1. The van der Waals surface area contributed by atoms with E-state index in [4.69, 9.17) is 4.74 Å². The molecule has 1 aromatic carbocycles. The van der Waals surface area contributed by atoms with Gasteiger partial charge in [0.25, 0.3) is 0 Å². The van der Waals surface area contributed by atoms with Crippen molar-refractivity contribution >= 4 is 5.97 Å². The molecule has 0 spiro atoms. The Bertz CT molecular complexity index is 331. The topological polar surface area (TPSA) is 26.3 Å². The van der Waals surface area contributed by atoms with E-state index in [0.717, 1.165) is 12.8 Å². The van der Waals surface area contributed by atoms with Gasteiger partial charge in [-0.2, -0.15) is 0 Å². The molecule has 1 atom stereocenters. The van der Waals surface area contributed by atoms with Gasteiger partial charge in [0, 0.05) is 12.8 Å². The largest absolute Gasteiger partial charge is 0.459 e. The first kappa shape index (κ1) is 9.25. The molecule has 2 rings (SSSR count). The molecule has 0 saturated carbocycles. The van der Waals surface area contributed by atoms with E-state index >= 15 is 0 Å². The maximum atomic E-state index is 11.0. The average Bonchev–Trinajstić information content (AvgIpc) is 2.47. The lowest BCUT2D eigenvalue weighted by Crippen LogP contribution is -2.26. The van der Waals surface area contributed by atoms with Gasteiger partial charge in [-0.05, 0) is 18.9 Å². The van der Waals surface area contributed by atoms with Crippen LogP contribution in [0.5, 0.6) is 0 Å². The molecule has 74 valence electrons. The molecule has 0 bridgehead atoms. The first-order chi connectivity index (χ1) is 6.68. The van der Waals surface area contributed by atoms with Crippen LogP contribution in [0.4, 0.5) is 0 Å². The van der Waals surface area contributed by atoms with E-state index in [1.54, 1.807) is 0 Å². The SMILES string of the molecule is C[C@@]1(Cc2ccccc2)CCC(=O)O1. The van der Waals surface area contributed by atoms with Gasteiger partial charge in [-0.3, -0.25) is 4.79 Å². The zero-order valence-electron chi connectivity index (χ0n) is 8.32. The lowest BCUT2D eigenvalue weighted by molar-refractivity contribution is -0.147. The van der Waals surface area contributed by atoms with Crippen molar-refractivity contribution in [3.8, 4) is 0 Å². The second kappa shape index (κ2) is 3.45. The molecule has 0 amide bonds. The molecule has 0 unspecified atom stereocenters. The molecule has 1 aromatic rings. The van der Waals surface area contributed by atoms with Gasteiger partial charge in [-0.25, -0.2) is 0 Å². The number of carbonyl (C=O) groups is 1. The third-order valence-electron chi connectivity index (χ3n) is 2.64. The Morgan fingerprint density at radius 2 is 2.07 bits per heavy atom. The van der Waals surface area contributed by atoms with Crippen LogP contribution < -0.4 is 0 Å². The minimum atomic E-state index is -0.279. The van der Waals surface area contributed by atoms with E-state index < -0.39 is 0 Å². The van der Waals surface area contributed by atoms with Crippen LogP contribution in [0.3, 0.4) is 0 Å². The fraction of sp³-hybridized carbons (Fsp3) is 0.417. The van der Waals surface area contributed by atoms with Crippen LogP contribution in [0.1, 0.15) is 25.3 Å². The Labute approximate surface area is 83.9 Å². The highest BCUT2D eigenvalue weighted by molar-refractivity contribution is 5.72. The van der Waals surface area contributed by atoms with Gasteiger partial charge in [0.2, 0.25) is 0 Å². The highest BCUT2D eigenvalue weighted by Gasteiger charge is 2.35. The number of rotatable bonds is 2. The van der Waals surface area contributed by atoms with E-state index in [1.165, 1.54) is 5.56 Å². The van der Waals surface area contributed by atoms with Crippen molar-refractivity contribution in [1.29, 1.82) is 0 Å². The maximum Gasteiger partial charge on any atom is 0.306 e. The summed E-state index contributed by atoms with van der Waals surface area (Å²) in [5, 5.41) is 0. The van der Waals surface area contributed by atoms with E-state index in [-0.39, 0.29) is 11.6 Å². The first-order valence-corrected chi connectivity index (χ1v) is 4.94. The molecule has 2 heteroatoms. The lowest BCUT2D eigenvalue weighted by Gasteiger charge is -2.22. The summed E-state index contributed by atoms with van der Waals surface area (Å²) in [4.78, 5) is 11.0. The fourth-order valence-electron chi connectivity index (χ4n) is 1.90. The van der Waals surface area contributed by atoms with Crippen LogP contribution in [-0.2, 0) is 16.0 Å². The van der Waals surface area contributed by atoms with Crippen molar-refractivity contribution in [3.63, 3.8) is 0 Å². The number of hydrogen-bond acceptors (Lipinski definition) is 2. The van der Waals surface area contributed by atoms with Gasteiger partial charge >= 0.3 is 5.97 Å². The average molecular weight is 190 g/mol. The molecule has 0 N–H and O–H groups in total. The quantitative estimate of drug-likeness (QED) is 0.669. The van der Waals surface area contributed by atoms with Crippen LogP contribution in [0, 0.1) is 0 Å². The Morgan fingerprint density at radius 3 is 2.64 bits per heavy atom. The van der Waals surface area contributed by atoms with E-state index in [2.05, 4.69) is 12.1 Å². The Hall–Kier alpha value is -1.31. The van der Waals surface area contributed by atoms with Crippen molar-refractivity contribution in [1.82, 2.24) is 0 Å². The summed E-state index contributed by atoms with van der Waals surface area (Å²) in [5.41, 5.74) is 0.947. The van der Waals surface area contributed by atoms with Crippen molar-refractivity contribution in [2.24, 2.45) is 0 Å². The van der Waals surface area contributed by atoms with Crippen LogP contribution in [0.2, 0.25) is 0 Å². The van der Waals surface area contributed by atoms with E-state index in [9.17, 15) is 4.79 Å². The van der Waals surface area contributed by atoms with Crippen LogP contribution in [0.15, 0.2) is 30.3 Å². The molecular weight excluding hydrogens is 176 g/mol. The molecule has 1 heterocycles. The number of hydrogen-bond donors (Lipinski definition) is 0. The highest BCUT2D eigenvalue weighted by atomic mass is 16.6. The summed E-state index contributed by atoms with van der Waals surface area (Å²) in [6, 6.07) is 10.1. The third-order valence-corrected chi connectivity index (χ3v) is 2.64.